The number of rotatable bonds is 0. The number of nitrogens with one attached hydrogen (secondary N) is 1. The molecule has 1 aromatic heterocycles. The van der Waals surface area contributed by atoms with Gasteiger partial charge in [-0.2, -0.15) is 5.10 Å². The van der Waals surface area contributed by atoms with Gasteiger partial charge in [0.25, 0.3) is 0 Å². The Hall–Kier alpha value is -0.930. The quantitative estimate of drug-likeness (QED) is 0.691. The Morgan fingerprint density at radius 3 is 2.92 bits per heavy atom. The van der Waals surface area contributed by atoms with E-state index in [0.717, 1.165) is 5.39 Å². The van der Waals surface area contributed by atoms with Gasteiger partial charge < -0.3 is 5.11 Å². The SMILES string of the molecule is Oc1c(Cl)cc2cn[nH]c2c1Cl. The zero-order valence-corrected chi connectivity index (χ0v) is 7.32. The maximum Gasteiger partial charge on any atom is 0.155 e. The molecule has 0 saturated heterocycles. The lowest BCUT2D eigenvalue weighted by Crippen LogP contribution is -1.75. The van der Waals surface area contributed by atoms with Crippen molar-refractivity contribution in [2.24, 2.45) is 0 Å². The van der Waals surface area contributed by atoms with E-state index < -0.39 is 0 Å². The highest BCUT2D eigenvalue weighted by Crippen LogP contribution is 2.36. The van der Waals surface area contributed by atoms with Crippen molar-refractivity contribution in [3.63, 3.8) is 0 Å². The number of nitrogens with zero attached hydrogens (tertiary/aromatic N) is 1. The van der Waals surface area contributed by atoms with E-state index in [-0.39, 0.29) is 15.8 Å². The highest BCUT2D eigenvalue weighted by Gasteiger charge is 2.10. The Morgan fingerprint density at radius 2 is 2.17 bits per heavy atom. The summed E-state index contributed by atoms with van der Waals surface area (Å²) in [5, 5.41) is 16.9. The van der Waals surface area contributed by atoms with Crippen molar-refractivity contribution in [3.05, 3.63) is 22.3 Å². The van der Waals surface area contributed by atoms with E-state index in [9.17, 15) is 5.11 Å². The molecule has 0 atom stereocenters. The molecule has 62 valence electrons. The maximum atomic E-state index is 9.31. The van der Waals surface area contributed by atoms with Crippen molar-refractivity contribution in [2.75, 3.05) is 0 Å². The lowest BCUT2D eigenvalue weighted by atomic mass is 10.2. The Labute approximate surface area is 77.9 Å². The molecule has 2 aromatic rings. The molecule has 1 heterocycles. The number of fused-ring (bicyclic) bond motifs is 1. The number of aromatic hydroxyl groups is 1. The molecule has 2 rings (SSSR count). The topological polar surface area (TPSA) is 48.9 Å². The van der Waals surface area contributed by atoms with Crippen molar-refractivity contribution in [2.45, 2.75) is 0 Å². The van der Waals surface area contributed by atoms with E-state index in [1.165, 1.54) is 0 Å². The van der Waals surface area contributed by atoms with Crippen LogP contribution < -0.4 is 0 Å². The molecule has 0 fully saturated rings. The molecule has 0 radical (unpaired) electrons. The zero-order chi connectivity index (χ0) is 8.72. The fourth-order valence-electron chi connectivity index (χ4n) is 1.01. The summed E-state index contributed by atoms with van der Waals surface area (Å²) in [5.74, 6) is -0.116. The number of hydrogen-bond donors (Lipinski definition) is 2. The molecule has 0 aliphatic rings. The van der Waals surface area contributed by atoms with Crippen molar-refractivity contribution in [3.8, 4) is 5.75 Å². The third kappa shape index (κ3) is 0.940. The zero-order valence-electron chi connectivity index (χ0n) is 5.81. The van der Waals surface area contributed by atoms with E-state index in [4.69, 9.17) is 23.2 Å². The minimum Gasteiger partial charge on any atom is -0.505 e. The molecule has 2 N–H and O–H groups in total. The Kier molecular flexibility index (Phi) is 1.63. The lowest BCUT2D eigenvalue weighted by Gasteiger charge is -1.99. The van der Waals surface area contributed by atoms with Crippen LogP contribution in [0.5, 0.6) is 5.75 Å². The van der Waals surface area contributed by atoms with Crippen LogP contribution in [0.2, 0.25) is 10.0 Å². The predicted molar refractivity (Wildman–Crippen MR) is 47.8 cm³/mol. The van der Waals surface area contributed by atoms with Gasteiger partial charge in [-0.1, -0.05) is 23.2 Å². The number of aromatic nitrogens is 2. The third-order valence-corrected chi connectivity index (χ3v) is 2.26. The van der Waals surface area contributed by atoms with Gasteiger partial charge in [-0.25, -0.2) is 0 Å². The number of hydrogen-bond acceptors (Lipinski definition) is 2. The molecular formula is C7H4Cl2N2O. The molecule has 1 aromatic carbocycles. The minimum atomic E-state index is -0.116. The predicted octanol–water partition coefficient (Wildman–Crippen LogP) is 2.58. The Bertz CT molecular complexity index is 438. The van der Waals surface area contributed by atoms with Crippen LogP contribution in [0.3, 0.4) is 0 Å². The first kappa shape index (κ1) is 7.71. The molecule has 0 saturated carbocycles. The van der Waals surface area contributed by atoms with E-state index in [1.54, 1.807) is 12.3 Å². The lowest BCUT2D eigenvalue weighted by molar-refractivity contribution is 0.476. The highest BCUT2D eigenvalue weighted by molar-refractivity contribution is 6.40. The van der Waals surface area contributed by atoms with Gasteiger partial charge in [0, 0.05) is 5.39 Å². The average Bonchev–Trinajstić information content (AvgIpc) is 2.48. The fraction of sp³-hybridized carbons (Fsp3) is 0. The second-order valence-corrected chi connectivity index (χ2v) is 3.14. The smallest absolute Gasteiger partial charge is 0.155 e. The second-order valence-electron chi connectivity index (χ2n) is 2.36. The standard InChI is InChI=1S/C7H4Cl2N2O/c8-4-1-3-2-10-11-6(3)5(9)7(4)12/h1-2,12H,(H,10,11). The van der Waals surface area contributed by atoms with Crippen LogP contribution in [0.4, 0.5) is 0 Å². The normalized spacial score (nSPS) is 10.8. The Morgan fingerprint density at radius 1 is 1.42 bits per heavy atom. The van der Waals surface area contributed by atoms with E-state index in [1.807, 2.05) is 0 Å². The van der Waals surface area contributed by atoms with Crippen molar-refractivity contribution < 1.29 is 5.11 Å². The molecule has 12 heavy (non-hydrogen) atoms. The van der Waals surface area contributed by atoms with Gasteiger partial charge in [-0.05, 0) is 6.07 Å². The van der Waals surface area contributed by atoms with Gasteiger partial charge in [0.05, 0.1) is 16.7 Å². The average molecular weight is 203 g/mol. The van der Waals surface area contributed by atoms with Crippen LogP contribution >= 0.6 is 23.2 Å². The molecule has 0 aliphatic carbocycles. The number of H-pyrrole nitrogens is 1. The van der Waals surface area contributed by atoms with Crippen molar-refractivity contribution in [1.82, 2.24) is 10.2 Å². The minimum absolute atomic E-state index is 0.116. The van der Waals surface area contributed by atoms with Gasteiger partial charge in [-0.3, -0.25) is 5.10 Å². The summed E-state index contributed by atoms with van der Waals surface area (Å²) in [5.41, 5.74) is 0.596. The second kappa shape index (κ2) is 2.54. The number of phenolic OH excluding ortho intramolecular Hbond substituents is 1. The fourth-order valence-corrected chi connectivity index (χ4v) is 1.52. The summed E-state index contributed by atoms with van der Waals surface area (Å²) in [6, 6.07) is 1.60. The molecule has 5 heteroatoms. The number of halogens is 2. The van der Waals surface area contributed by atoms with Gasteiger partial charge >= 0.3 is 0 Å². The molecule has 0 unspecified atom stereocenters. The molecule has 0 amide bonds. The summed E-state index contributed by atoms with van der Waals surface area (Å²) >= 11 is 11.4. The summed E-state index contributed by atoms with van der Waals surface area (Å²) in [7, 11) is 0. The van der Waals surface area contributed by atoms with Gasteiger partial charge in [0.1, 0.15) is 5.02 Å². The van der Waals surface area contributed by atoms with Crippen LogP contribution in [-0.4, -0.2) is 15.3 Å². The number of phenols is 1. The van der Waals surface area contributed by atoms with Gasteiger partial charge in [0.2, 0.25) is 0 Å². The maximum absolute atomic E-state index is 9.31. The van der Waals surface area contributed by atoms with Crippen LogP contribution in [0.25, 0.3) is 10.9 Å². The molecule has 0 aliphatic heterocycles. The summed E-state index contributed by atoms with van der Waals surface area (Å²) in [4.78, 5) is 0. The molecule has 0 spiro atoms. The van der Waals surface area contributed by atoms with Gasteiger partial charge in [-0.15, -0.1) is 0 Å². The van der Waals surface area contributed by atoms with Gasteiger partial charge in [0.15, 0.2) is 5.75 Å². The van der Waals surface area contributed by atoms with E-state index in [2.05, 4.69) is 10.2 Å². The summed E-state index contributed by atoms with van der Waals surface area (Å²) in [6.07, 6.45) is 1.59. The highest BCUT2D eigenvalue weighted by atomic mass is 35.5. The Balaban J connectivity index is 2.94. The first-order chi connectivity index (χ1) is 5.70. The summed E-state index contributed by atoms with van der Waals surface area (Å²) in [6.45, 7) is 0. The van der Waals surface area contributed by atoms with Crippen LogP contribution in [-0.2, 0) is 0 Å². The number of benzene rings is 1. The summed E-state index contributed by atoms with van der Waals surface area (Å²) < 4.78 is 0. The first-order valence-electron chi connectivity index (χ1n) is 3.20. The van der Waals surface area contributed by atoms with E-state index >= 15 is 0 Å². The van der Waals surface area contributed by atoms with Crippen LogP contribution in [0, 0.1) is 0 Å². The van der Waals surface area contributed by atoms with Crippen LogP contribution in [0.1, 0.15) is 0 Å². The number of aromatic amines is 1. The van der Waals surface area contributed by atoms with Crippen molar-refractivity contribution in [1.29, 1.82) is 0 Å². The molecule has 3 nitrogen and oxygen atoms in total. The largest absolute Gasteiger partial charge is 0.505 e. The molecule has 0 bridgehead atoms. The third-order valence-electron chi connectivity index (χ3n) is 1.60. The van der Waals surface area contributed by atoms with Crippen molar-refractivity contribution >= 4 is 34.1 Å². The van der Waals surface area contributed by atoms with E-state index in [0.29, 0.717) is 5.52 Å². The monoisotopic (exact) mass is 202 g/mol. The molecular weight excluding hydrogens is 199 g/mol. The first-order valence-corrected chi connectivity index (χ1v) is 3.96. The van der Waals surface area contributed by atoms with Crippen LogP contribution in [0.15, 0.2) is 12.3 Å².